The molecule has 1 nitrogen and oxygen atoms in total. The van der Waals surface area contributed by atoms with Crippen LogP contribution < -0.4 is 0 Å². The fourth-order valence-corrected chi connectivity index (χ4v) is 0.969. The number of aliphatic hydroxyl groups excluding tert-OH is 1. The summed E-state index contributed by atoms with van der Waals surface area (Å²) in [6, 6.07) is 0. The molecule has 0 heterocycles. The Bertz CT molecular complexity index is 304. The molecule has 1 heteroatoms. The lowest BCUT2D eigenvalue weighted by molar-refractivity contribution is 0.170. The zero-order valence-electron chi connectivity index (χ0n) is 10.7. The Balaban J connectivity index is 4.24. The Kier molecular flexibility index (Phi) is 4.92. The molecule has 0 radical (unpaired) electrons. The third-order valence-electron chi connectivity index (χ3n) is 1.54. The van der Waals surface area contributed by atoms with E-state index in [4.69, 9.17) is 0 Å². The molecule has 0 bridgehead atoms. The smallest absolute Gasteiger partial charge is 0.116 e. The van der Waals surface area contributed by atoms with Gasteiger partial charge in [-0.05, 0) is 44.4 Å². The second kappa shape index (κ2) is 5.24. The summed E-state index contributed by atoms with van der Waals surface area (Å²) < 4.78 is 0. The standard InChI is InChI=1S/C14H22O/c1-13(2,3)10-8-7-9-12(15)11-14(4,5)6/h12,15H,11H2,1-6H3. The molecular formula is C14H22O. The SMILES string of the molecule is CC(C)(C)C#CC#CC(O)CC(C)(C)C. The summed E-state index contributed by atoms with van der Waals surface area (Å²) in [5.41, 5.74) is 0.0786. The van der Waals surface area contributed by atoms with Crippen LogP contribution in [0.15, 0.2) is 0 Å². The molecule has 0 saturated carbocycles. The summed E-state index contributed by atoms with van der Waals surface area (Å²) >= 11 is 0. The minimum absolute atomic E-state index is 0.0241. The molecule has 0 aromatic rings. The fourth-order valence-electron chi connectivity index (χ4n) is 0.969. The van der Waals surface area contributed by atoms with Gasteiger partial charge in [-0.2, -0.15) is 0 Å². The van der Waals surface area contributed by atoms with E-state index < -0.39 is 6.10 Å². The highest BCUT2D eigenvalue weighted by Crippen LogP contribution is 2.20. The zero-order chi connectivity index (χ0) is 12.1. The van der Waals surface area contributed by atoms with Gasteiger partial charge >= 0.3 is 0 Å². The molecule has 0 aliphatic carbocycles. The van der Waals surface area contributed by atoms with Gasteiger partial charge in [0.2, 0.25) is 0 Å². The highest BCUT2D eigenvalue weighted by Gasteiger charge is 2.14. The maximum absolute atomic E-state index is 9.57. The second-order valence-electron chi connectivity index (χ2n) is 6.05. The third-order valence-corrected chi connectivity index (χ3v) is 1.54. The van der Waals surface area contributed by atoms with Crippen molar-refractivity contribution in [2.24, 2.45) is 10.8 Å². The van der Waals surface area contributed by atoms with Gasteiger partial charge in [-0.15, -0.1) is 0 Å². The van der Waals surface area contributed by atoms with E-state index >= 15 is 0 Å². The molecule has 0 aliphatic rings. The van der Waals surface area contributed by atoms with E-state index in [1.54, 1.807) is 0 Å². The summed E-state index contributed by atoms with van der Waals surface area (Å²) in [6.45, 7) is 12.4. The molecule has 0 rings (SSSR count). The molecule has 0 amide bonds. The molecule has 0 aliphatic heterocycles. The first-order valence-electron chi connectivity index (χ1n) is 5.31. The lowest BCUT2D eigenvalue weighted by atomic mass is 9.89. The normalized spacial score (nSPS) is 13.3. The highest BCUT2D eigenvalue weighted by molar-refractivity contribution is 5.29. The minimum atomic E-state index is -0.570. The molecule has 0 saturated heterocycles. The first kappa shape index (κ1) is 14.1. The Morgan fingerprint density at radius 2 is 1.53 bits per heavy atom. The van der Waals surface area contributed by atoms with Crippen molar-refractivity contribution in [1.82, 2.24) is 0 Å². The number of hydrogen-bond acceptors (Lipinski definition) is 1. The van der Waals surface area contributed by atoms with Crippen LogP contribution in [0, 0.1) is 34.5 Å². The van der Waals surface area contributed by atoms with E-state index in [0.29, 0.717) is 6.42 Å². The van der Waals surface area contributed by atoms with Crippen LogP contribution in [-0.4, -0.2) is 11.2 Å². The largest absolute Gasteiger partial charge is 0.380 e. The van der Waals surface area contributed by atoms with Gasteiger partial charge < -0.3 is 5.11 Å². The Hall–Kier alpha value is -0.920. The van der Waals surface area contributed by atoms with Crippen LogP contribution in [0.1, 0.15) is 48.0 Å². The van der Waals surface area contributed by atoms with Crippen LogP contribution in [0.4, 0.5) is 0 Å². The first-order chi connectivity index (χ1) is 6.60. The van der Waals surface area contributed by atoms with Crippen LogP contribution >= 0.6 is 0 Å². The van der Waals surface area contributed by atoms with Crippen LogP contribution in [0.3, 0.4) is 0 Å². The fraction of sp³-hybridized carbons (Fsp3) is 0.714. The summed E-state index contributed by atoms with van der Waals surface area (Å²) in [5, 5.41) is 9.57. The quantitative estimate of drug-likeness (QED) is 0.654. The van der Waals surface area contributed by atoms with Crippen molar-refractivity contribution < 1.29 is 5.11 Å². The summed E-state index contributed by atoms with van der Waals surface area (Å²) in [6.07, 6.45) is 0.108. The Morgan fingerprint density at radius 3 is 1.93 bits per heavy atom. The van der Waals surface area contributed by atoms with Crippen molar-refractivity contribution in [2.45, 2.75) is 54.1 Å². The molecule has 1 unspecified atom stereocenters. The maximum Gasteiger partial charge on any atom is 0.116 e. The van der Waals surface area contributed by atoms with Crippen LogP contribution in [0.2, 0.25) is 0 Å². The summed E-state index contributed by atoms with van der Waals surface area (Å²) in [4.78, 5) is 0. The van der Waals surface area contributed by atoms with Crippen molar-refractivity contribution in [3.8, 4) is 23.7 Å². The van der Waals surface area contributed by atoms with E-state index in [1.807, 2.05) is 20.8 Å². The van der Waals surface area contributed by atoms with E-state index in [0.717, 1.165) is 0 Å². The van der Waals surface area contributed by atoms with Crippen LogP contribution in [-0.2, 0) is 0 Å². The van der Waals surface area contributed by atoms with Gasteiger partial charge in [0, 0.05) is 5.41 Å². The van der Waals surface area contributed by atoms with Gasteiger partial charge in [0.1, 0.15) is 6.10 Å². The van der Waals surface area contributed by atoms with Gasteiger partial charge in [-0.1, -0.05) is 32.6 Å². The molecule has 0 spiro atoms. The van der Waals surface area contributed by atoms with Gasteiger partial charge in [0.15, 0.2) is 0 Å². The van der Waals surface area contributed by atoms with E-state index in [-0.39, 0.29) is 10.8 Å². The van der Waals surface area contributed by atoms with Crippen molar-refractivity contribution >= 4 is 0 Å². The number of hydrogen-bond donors (Lipinski definition) is 1. The van der Waals surface area contributed by atoms with Crippen molar-refractivity contribution in [3.63, 3.8) is 0 Å². The topological polar surface area (TPSA) is 20.2 Å². The predicted molar refractivity (Wildman–Crippen MR) is 65.1 cm³/mol. The molecule has 0 fully saturated rings. The number of aliphatic hydroxyl groups is 1. The monoisotopic (exact) mass is 206 g/mol. The summed E-state index contributed by atoms with van der Waals surface area (Å²) in [7, 11) is 0. The van der Waals surface area contributed by atoms with Gasteiger partial charge in [0.05, 0.1) is 0 Å². The maximum atomic E-state index is 9.57. The number of rotatable bonds is 1. The summed E-state index contributed by atoms with van der Waals surface area (Å²) in [5.74, 6) is 11.2. The highest BCUT2D eigenvalue weighted by atomic mass is 16.3. The molecule has 0 aromatic heterocycles. The van der Waals surface area contributed by atoms with Crippen molar-refractivity contribution in [1.29, 1.82) is 0 Å². The van der Waals surface area contributed by atoms with Crippen LogP contribution in [0.5, 0.6) is 0 Å². The minimum Gasteiger partial charge on any atom is -0.380 e. The zero-order valence-corrected chi connectivity index (χ0v) is 10.7. The van der Waals surface area contributed by atoms with E-state index in [9.17, 15) is 5.11 Å². The van der Waals surface area contributed by atoms with Crippen molar-refractivity contribution in [3.05, 3.63) is 0 Å². The molecule has 1 atom stereocenters. The lowest BCUT2D eigenvalue weighted by Gasteiger charge is -2.18. The van der Waals surface area contributed by atoms with E-state index in [2.05, 4.69) is 44.5 Å². The predicted octanol–water partition coefficient (Wildman–Crippen LogP) is 2.84. The first-order valence-corrected chi connectivity index (χ1v) is 5.31. The second-order valence-corrected chi connectivity index (χ2v) is 6.05. The van der Waals surface area contributed by atoms with Crippen molar-refractivity contribution in [2.75, 3.05) is 0 Å². The lowest BCUT2D eigenvalue weighted by Crippen LogP contribution is -2.15. The molecule has 84 valence electrons. The van der Waals surface area contributed by atoms with E-state index in [1.165, 1.54) is 0 Å². The Labute approximate surface area is 94.3 Å². The molecule has 0 aromatic carbocycles. The average molecular weight is 206 g/mol. The van der Waals surface area contributed by atoms with Crippen LogP contribution in [0.25, 0.3) is 0 Å². The van der Waals surface area contributed by atoms with Gasteiger partial charge in [-0.25, -0.2) is 0 Å². The van der Waals surface area contributed by atoms with Gasteiger partial charge in [-0.3, -0.25) is 0 Å². The third kappa shape index (κ3) is 11.0. The Morgan fingerprint density at radius 1 is 1.00 bits per heavy atom. The molecule has 1 N–H and O–H groups in total. The molecular weight excluding hydrogens is 184 g/mol. The van der Waals surface area contributed by atoms with Gasteiger partial charge in [0.25, 0.3) is 0 Å². The molecule has 15 heavy (non-hydrogen) atoms. The average Bonchev–Trinajstić information content (AvgIpc) is 1.92.